The average molecular weight is 358 g/mol. The van der Waals surface area contributed by atoms with Gasteiger partial charge in [0.15, 0.2) is 0 Å². The van der Waals surface area contributed by atoms with Gasteiger partial charge < -0.3 is 9.64 Å². The number of aromatic nitrogens is 2. The molecule has 0 saturated carbocycles. The van der Waals surface area contributed by atoms with Crippen LogP contribution in [0.3, 0.4) is 0 Å². The van der Waals surface area contributed by atoms with E-state index in [9.17, 15) is 4.39 Å². The van der Waals surface area contributed by atoms with Crippen molar-refractivity contribution in [1.29, 1.82) is 0 Å². The van der Waals surface area contributed by atoms with Crippen molar-refractivity contribution < 1.29 is 9.13 Å². The summed E-state index contributed by atoms with van der Waals surface area (Å²) < 4.78 is 19.5. The van der Waals surface area contributed by atoms with E-state index in [1.807, 2.05) is 6.20 Å². The molecule has 26 heavy (non-hydrogen) atoms. The third-order valence-electron chi connectivity index (χ3n) is 5.77. The quantitative estimate of drug-likeness (QED) is 0.891. The van der Waals surface area contributed by atoms with E-state index in [-0.39, 0.29) is 5.82 Å². The number of methoxy groups -OCH3 is 1. The Bertz CT molecular complexity index is 733. The number of hydrogen-bond donors (Lipinski definition) is 1. The van der Waals surface area contributed by atoms with E-state index in [1.165, 1.54) is 44.8 Å². The first kappa shape index (κ1) is 17.5. The highest BCUT2D eigenvalue weighted by Crippen LogP contribution is 2.29. The number of aromatic amines is 1. The van der Waals surface area contributed by atoms with Crippen LogP contribution in [0.4, 0.5) is 4.39 Å². The Kier molecular flexibility index (Phi) is 5.22. The van der Waals surface area contributed by atoms with Crippen LogP contribution in [0, 0.1) is 5.82 Å². The van der Waals surface area contributed by atoms with Crippen LogP contribution in [0.2, 0.25) is 0 Å². The van der Waals surface area contributed by atoms with Crippen LogP contribution in [0.25, 0.3) is 11.3 Å². The van der Waals surface area contributed by atoms with Gasteiger partial charge in [-0.2, -0.15) is 5.10 Å². The minimum Gasteiger partial charge on any atom is -0.497 e. The van der Waals surface area contributed by atoms with E-state index in [1.54, 1.807) is 19.2 Å². The third-order valence-corrected chi connectivity index (χ3v) is 5.77. The molecule has 3 heterocycles. The number of benzene rings is 1. The zero-order valence-corrected chi connectivity index (χ0v) is 15.4. The molecule has 0 radical (unpaired) electrons. The number of hydrogen-bond acceptors (Lipinski definition) is 4. The lowest BCUT2D eigenvalue weighted by Gasteiger charge is -2.36. The summed E-state index contributed by atoms with van der Waals surface area (Å²) in [5.41, 5.74) is 2.37. The summed E-state index contributed by atoms with van der Waals surface area (Å²) in [4.78, 5) is 5.12. The zero-order valence-electron chi connectivity index (χ0n) is 15.4. The smallest absolute Gasteiger partial charge is 0.136 e. The van der Waals surface area contributed by atoms with Gasteiger partial charge >= 0.3 is 0 Å². The molecule has 0 unspecified atom stereocenters. The highest BCUT2D eigenvalue weighted by molar-refractivity contribution is 5.64. The second kappa shape index (κ2) is 7.76. The molecule has 6 heteroatoms. The van der Waals surface area contributed by atoms with Crippen LogP contribution < -0.4 is 4.74 Å². The van der Waals surface area contributed by atoms with Crippen molar-refractivity contribution in [1.82, 2.24) is 20.0 Å². The van der Waals surface area contributed by atoms with Crippen molar-refractivity contribution in [3.63, 3.8) is 0 Å². The monoisotopic (exact) mass is 358 g/mol. The van der Waals surface area contributed by atoms with Gasteiger partial charge in [-0.15, -0.1) is 0 Å². The highest BCUT2D eigenvalue weighted by Gasteiger charge is 2.27. The number of halogens is 1. The predicted octanol–water partition coefficient (Wildman–Crippen LogP) is 3.28. The Balaban J connectivity index is 1.42. The molecule has 0 bridgehead atoms. The topological polar surface area (TPSA) is 44.4 Å². The fraction of sp³-hybridized carbons (Fsp3) is 0.550. The minimum absolute atomic E-state index is 0.289. The van der Waals surface area contributed by atoms with Crippen molar-refractivity contribution in [2.24, 2.45) is 0 Å². The number of piperidine rings is 1. The lowest BCUT2D eigenvalue weighted by molar-refractivity contribution is 0.123. The largest absolute Gasteiger partial charge is 0.497 e. The molecule has 2 aromatic rings. The van der Waals surface area contributed by atoms with Gasteiger partial charge in [0.1, 0.15) is 11.6 Å². The van der Waals surface area contributed by atoms with E-state index in [4.69, 9.17) is 4.74 Å². The number of likely N-dealkylation sites (tertiary alicyclic amines) is 2. The molecule has 0 amide bonds. The normalized spacial score (nSPS) is 19.9. The first-order valence-electron chi connectivity index (χ1n) is 9.57. The summed E-state index contributed by atoms with van der Waals surface area (Å²) in [6, 6.07) is 5.70. The van der Waals surface area contributed by atoms with Gasteiger partial charge in [0, 0.05) is 29.8 Å². The van der Waals surface area contributed by atoms with E-state index in [0.717, 1.165) is 36.9 Å². The number of H-pyrrole nitrogens is 1. The molecule has 0 atom stereocenters. The molecule has 2 saturated heterocycles. The molecule has 2 aliphatic rings. The minimum atomic E-state index is -0.289. The molecule has 5 nitrogen and oxygen atoms in total. The molecular formula is C20H27FN4O. The van der Waals surface area contributed by atoms with Crippen LogP contribution in [0.15, 0.2) is 24.4 Å². The third kappa shape index (κ3) is 3.62. The Morgan fingerprint density at radius 3 is 2.65 bits per heavy atom. The van der Waals surface area contributed by atoms with Gasteiger partial charge in [0.25, 0.3) is 0 Å². The van der Waals surface area contributed by atoms with Crippen LogP contribution in [0.1, 0.15) is 31.2 Å². The number of nitrogens with one attached hydrogen (secondary N) is 1. The van der Waals surface area contributed by atoms with E-state index < -0.39 is 0 Å². The second-order valence-corrected chi connectivity index (χ2v) is 7.37. The molecule has 2 aliphatic heterocycles. The molecular weight excluding hydrogens is 331 g/mol. The van der Waals surface area contributed by atoms with E-state index >= 15 is 0 Å². The molecule has 1 aromatic carbocycles. The molecule has 4 rings (SSSR count). The number of rotatable bonds is 5. The maximum absolute atomic E-state index is 14.4. The SMILES string of the molecule is COc1ccc(-c2[nH]ncc2CN2CCC(N3CCCC3)CC2)c(F)c1. The fourth-order valence-electron chi connectivity index (χ4n) is 4.28. The first-order valence-corrected chi connectivity index (χ1v) is 9.57. The summed E-state index contributed by atoms with van der Waals surface area (Å²) in [5, 5.41) is 7.15. The molecule has 1 N–H and O–H groups in total. The van der Waals surface area contributed by atoms with Crippen LogP contribution >= 0.6 is 0 Å². The van der Waals surface area contributed by atoms with Crippen molar-refractivity contribution in [2.45, 2.75) is 38.3 Å². The average Bonchev–Trinajstić information content (AvgIpc) is 3.34. The molecule has 0 aliphatic carbocycles. The van der Waals surface area contributed by atoms with Crippen molar-refractivity contribution in [2.75, 3.05) is 33.3 Å². The standard InChI is InChI=1S/C20H27FN4O/c1-26-17-4-5-18(19(21)12-17)20-15(13-22-23-20)14-24-10-6-16(7-11-24)25-8-2-3-9-25/h4-5,12-13,16H,2-3,6-11,14H2,1H3,(H,22,23). The van der Waals surface area contributed by atoms with E-state index in [2.05, 4.69) is 20.0 Å². The molecule has 1 aromatic heterocycles. The second-order valence-electron chi connectivity index (χ2n) is 7.37. The van der Waals surface area contributed by atoms with E-state index in [0.29, 0.717) is 11.3 Å². The van der Waals surface area contributed by atoms with Gasteiger partial charge in [-0.05, 0) is 64.0 Å². The van der Waals surface area contributed by atoms with Gasteiger partial charge in [0.2, 0.25) is 0 Å². The Morgan fingerprint density at radius 1 is 1.19 bits per heavy atom. The maximum atomic E-state index is 14.4. The van der Waals surface area contributed by atoms with Gasteiger partial charge in [0.05, 0.1) is 19.0 Å². The van der Waals surface area contributed by atoms with Gasteiger partial charge in [-0.1, -0.05) is 0 Å². The zero-order chi connectivity index (χ0) is 17.9. The highest BCUT2D eigenvalue weighted by atomic mass is 19.1. The Labute approximate surface area is 154 Å². The van der Waals surface area contributed by atoms with Crippen molar-refractivity contribution in [3.8, 4) is 17.0 Å². The summed E-state index contributed by atoms with van der Waals surface area (Å²) in [6.07, 6.45) is 6.98. The summed E-state index contributed by atoms with van der Waals surface area (Å²) in [7, 11) is 1.54. The predicted molar refractivity (Wildman–Crippen MR) is 99.6 cm³/mol. The van der Waals surface area contributed by atoms with Crippen LogP contribution in [-0.4, -0.2) is 59.3 Å². The Morgan fingerprint density at radius 2 is 1.96 bits per heavy atom. The lowest BCUT2D eigenvalue weighted by Crippen LogP contribution is -2.43. The van der Waals surface area contributed by atoms with Crippen molar-refractivity contribution in [3.05, 3.63) is 35.8 Å². The van der Waals surface area contributed by atoms with Gasteiger partial charge in [-0.25, -0.2) is 4.39 Å². The number of ether oxygens (including phenoxy) is 1. The van der Waals surface area contributed by atoms with Crippen LogP contribution in [-0.2, 0) is 6.54 Å². The maximum Gasteiger partial charge on any atom is 0.136 e. The Hall–Kier alpha value is -1.92. The summed E-state index contributed by atoms with van der Waals surface area (Å²) in [5.74, 6) is 0.235. The molecule has 2 fully saturated rings. The summed E-state index contributed by atoms with van der Waals surface area (Å²) in [6.45, 7) is 5.54. The van der Waals surface area contributed by atoms with Crippen LogP contribution in [0.5, 0.6) is 5.75 Å². The van der Waals surface area contributed by atoms with Crippen molar-refractivity contribution >= 4 is 0 Å². The number of nitrogens with zero attached hydrogens (tertiary/aromatic N) is 3. The molecule has 0 spiro atoms. The van der Waals surface area contributed by atoms with Gasteiger partial charge in [-0.3, -0.25) is 10.00 Å². The summed E-state index contributed by atoms with van der Waals surface area (Å²) >= 11 is 0. The molecule has 140 valence electrons. The lowest BCUT2D eigenvalue weighted by atomic mass is 10.0. The first-order chi connectivity index (χ1) is 12.7. The fourth-order valence-corrected chi connectivity index (χ4v) is 4.28.